The number of benzene rings is 1. The third-order valence-electron chi connectivity index (χ3n) is 3.08. The molecule has 0 fully saturated rings. The van der Waals surface area contributed by atoms with Crippen molar-refractivity contribution in [3.8, 4) is 0 Å². The average Bonchev–Trinajstić information content (AvgIpc) is 2.77. The van der Waals surface area contributed by atoms with Crippen LogP contribution in [0, 0.1) is 0 Å². The summed E-state index contributed by atoms with van der Waals surface area (Å²) >= 11 is 0. The number of carbonyl (C=O) groups excluding carboxylic acids is 1. The molecule has 1 amide bonds. The number of fused-ring (bicyclic) bond motifs is 3. The van der Waals surface area contributed by atoms with Crippen LogP contribution in [0.3, 0.4) is 0 Å². The van der Waals surface area contributed by atoms with Crippen LogP contribution in [0.15, 0.2) is 43.0 Å². The fourth-order valence-corrected chi connectivity index (χ4v) is 2.30. The summed E-state index contributed by atoms with van der Waals surface area (Å²) in [5, 5.41) is 1.02. The molecule has 0 aliphatic carbocycles. The predicted molar refractivity (Wildman–Crippen MR) is 63.3 cm³/mol. The third kappa shape index (κ3) is 0.949. The van der Waals surface area contributed by atoms with Crippen LogP contribution in [0.4, 0.5) is 0 Å². The second-order valence-corrected chi connectivity index (χ2v) is 3.95. The number of hydrogen-bond acceptors (Lipinski definition) is 1. The molecule has 1 aliphatic rings. The van der Waals surface area contributed by atoms with E-state index < -0.39 is 6.17 Å². The maximum Gasteiger partial charge on any atom is 0.272 e. The Kier molecular flexibility index (Phi) is 1.52. The molecule has 2 heterocycles. The zero-order chi connectivity index (χ0) is 12.2. The van der Waals surface area contributed by atoms with Crippen molar-refractivity contribution in [3.63, 3.8) is 0 Å². The molecule has 2 aromatic rings. The second kappa shape index (κ2) is 2.98. The summed E-state index contributed by atoms with van der Waals surface area (Å²) in [5.74, 6) is -0.0559. The monoisotopic (exact) mass is 213 g/mol. The van der Waals surface area contributed by atoms with E-state index in [9.17, 15) is 4.79 Å². The van der Waals surface area contributed by atoms with Crippen LogP contribution >= 0.6 is 0 Å². The first-order valence-electron chi connectivity index (χ1n) is 5.64. The van der Waals surface area contributed by atoms with Crippen LogP contribution in [0.1, 0.15) is 18.0 Å². The molecule has 1 unspecified atom stereocenters. The standard InChI is InChI=1S/C13H12N2O/c1-3-12-14(2)13(16)11-8-9-6-4-5-7-10(9)15(11)12/h3-8,12H,1H2,2H3/i3D. The van der Waals surface area contributed by atoms with Crippen molar-refractivity contribution < 1.29 is 6.17 Å². The Morgan fingerprint density at radius 1 is 1.50 bits per heavy atom. The van der Waals surface area contributed by atoms with Gasteiger partial charge in [0.25, 0.3) is 5.91 Å². The lowest BCUT2D eigenvalue weighted by Crippen LogP contribution is -2.23. The number of aromatic nitrogens is 1. The van der Waals surface area contributed by atoms with Gasteiger partial charge in [-0.3, -0.25) is 4.79 Å². The van der Waals surface area contributed by atoms with E-state index >= 15 is 0 Å². The number of carbonyl (C=O) groups is 1. The molecule has 0 saturated carbocycles. The van der Waals surface area contributed by atoms with Gasteiger partial charge in [-0.25, -0.2) is 0 Å². The molecule has 3 rings (SSSR count). The normalized spacial score (nSPS) is 20.1. The lowest BCUT2D eigenvalue weighted by Gasteiger charge is -2.18. The van der Waals surface area contributed by atoms with Crippen LogP contribution in [0.5, 0.6) is 0 Å². The van der Waals surface area contributed by atoms with Gasteiger partial charge in [0.05, 0.1) is 6.89 Å². The summed E-state index contributed by atoms with van der Waals surface area (Å²) in [7, 11) is 1.70. The smallest absolute Gasteiger partial charge is 0.272 e. The summed E-state index contributed by atoms with van der Waals surface area (Å²) < 4.78 is 9.61. The van der Waals surface area contributed by atoms with E-state index in [1.807, 2.05) is 34.9 Å². The van der Waals surface area contributed by atoms with Crippen molar-refractivity contribution in [2.24, 2.45) is 0 Å². The summed E-state index contributed by atoms with van der Waals surface area (Å²) in [6.07, 6.45) is -0.391. The highest BCUT2D eigenvalue weighted by Gasteiger charge is 2.33. The Labute approximate surface area is 95.0 Å². The minimum Gasteiger partial charge on any atom is -0.316 e. The van der Waals surface area contributed by atoms with Gasteiger partial charge in [-0.05, 0) is 18.2 Å². The van der Waals surface area contributed by atoms with Gasteiger partial charge in [0.15, 0.2) is 0 Å². The Balaban J connectivity index is 2.36. The van der Waals surface area contributed by atoms with Gasteiger partial charge in [0.2, 0.25) is 0 Å². The van der Waals surface area contributed by atoms with E-state index in [1.54, 1.807) is 11.9 Å². The maximum atomic E-state index is 12.1. The van der Waals surface area contributed by atoms with E-state index in [-0.39, 0.29) is 12.0 Å². The number of hydrogen-bond donors (Lipinski definition) is 0. The molecule has 1 aromatic heterocycles. The summed E-state index contributed by atoms with van der Waals surface area (Å²) in [5.41, 5.74) is 1.60. The van der Waals surface area contributed by atoms with Gasteiger partial charge < -0.3 is 9.47 Å². The Morgan fingerprint density at radius 2 is 2.25 bits per heavy atom. The van der Waals surface area contributed by atoms with Crippen molar-refractivity contribution in [2.45, 2.75) is 6.17 Å². The highest BCUT2D eigenvalue weighted by molar-refractivity contribution is 6.01. The molecule has 0 N–H and O–H groups in total. The third-order valence-corrected chi connectivity index (χ3v) is 3.08. The van der Waals surface area contributed by atoms with E-state index in [0.717, 1.165) is 10.9 Å². The van der Waals surface area contributed by atoms with Gasteiger partial charge in [0, 0.05) is 12.4 Å². The molecule has 1 aliphatic heterocycles. The molecule has 0 saturated heterocycles. The van der Waals surface area contributed by atoms with Crippen LogP contribution in [-0.4, -0.2) is 22.4 Å². The minimum atomic E-state index is -0.391. The van der Waals surface area contributed by atoms with Crippen molar-refractivity contribution in [1.82, 2.24) is 9.47 Å². The van der Waals surface area contributed by atoms with Gasteiger partial charge in [-0.15, -0.1) is 0 Å². The first-order chi connectivity index (χ1) is 8.11. The first kappa shape index (κ1) is 8.16. The second-order valence-electron chi connectivity index (χ2n) is 3.95. The molecule has 1 aromatic carbocycles. The fourth-order valence-electron chi connectivity index (χ4n) is 2.30. The maximum absolute atomic E-state index is 12.1. The Bertz CT molecular complexity index is 644. The highest BCUT2D eigenvalue weighted by atomic mass is 16.2. The van der Waals surface area contributed by atoms with E-state index in [4.69, 9.17) is 1.37 Å². The highest BCUT2D eigenvalue weighted by Crippen LogP contribution is 2.32. The van der Waals surface area contributed by atoms with Crippen molar-refractivity contribution in [2.75, 3.05) is 7.05 Å². The number of likely N-dealkylation sites (N-methyl/N-ethyl adjacent to an activating group) is 1. The van der Waals surface area contributed by atoms with Crippen molar-refractivity contribution in [3.05, 3.63) is 48.7 Å². The summed E-state index contributed by atoms with van der Waals surface area (Å²) in [6, 6.07) is 9.90. The molecule has 0 radical (unpaired) electrons. The van der Waals surface area contributed by atoms with Crippen LogP contribution < -0.4 is 0 Å². The van der Waals surface area contributed by atoms with E-state index in [0.29, 0.717) is 5.69 Å². The zero-order valence-electron chi connectivity index (χ0n) is 9.97. The van der Waals surface area contributed by atoms with Crippen molar-refractivity contribution in [1.29, 1.82) is 0 Å². The topological polar surface area (TPSA) is 25.2 Å². The van der Waals surface area contributed by atoms with Gasteiger partial charge in [-0.2, -0.15) is 0 Å². The predicted octanol–water partition coefficient (Wildman–Crippen LogP) is 2.41. The Morgan fingerprint density at radius 3 is 3.00 bits per heavy atom. The minimum absolute atomic E-state index is 0.0559. The van der Waals surface area contributed by atoms with Crippen LogP contribution in [-0.2, 0) is 0 Å². The first-order valence-corrected chi connectivity index (χ1v) is 5.14. The molecule has 80 valence electrons. The molecule has 16 heavy (non-hydrogen) atoms. The number of para-hydroxylation sites is 1. The van der Waals surface area contributed by atoms with Crippen molar-refractivity contribution >= 4 is 16.8 Å². The SMILES string of the molecule is [2H]C(=C)C1N(C)C(=O)c2cc3ccccc3n21. The molecule has 0 spiro atoms. The quantitative estimate of drug-likeness (QED) is 0.668. The molecular weight excluding hydrogens is 200 g/mol. The zero-order valence-corrected chi connectivity index (χ0v) is 8.97. The van der Waals surface area contributed by atoms with Gasteiger partial charge in [-0.1, -0.05) is 24.8 Å². The fraction of sp³-hybridized carbons (Fsp3) is 0.154. The lowest BCUT2D eigenvalue weighted by atomic mass is 10.2. The lowest BCUT2D eigenvalue weighted by molar-refractivity contribution is 0.0787. The molecule has 3 nitrogen and oxygen atoms in total. The molecule has 1 atom stereocenters. The van der Waals surface area contributed by atoms with Gasteiger partial charge in [0.1, 0.15) is 11.9 Å². The van der Waals surface area contributed by atoms with E-state index in [2.05, 4.69) is 6.58 Å². The van der Waals surface area contributed by atoms with Crippen LogP contribution in [0.2, 0.25) is 0 Å². The number of amides is 1. The van der Waals surface area contributed by atoms with E-state index in [1.165, 1.54) is 0 Å². The Hall–Kier alpha value is -2.03. The number of nitrogens with zero attached hydrogens (tertiary/aromatic N) is 2. The summed E-state index contributed by atoms with van der Waals surface area (Å²) in [6.45, 7) is 3.66. The summed E-state index contributed by atoms with van der Waals surface area (Å²) in [4.78, 5) is 13.6. The average molecular weight is 213 g/mol. The van der Waals surface area contributed by atoms with Gasteiger partial charge >= 0.3 is 0 Å². The largest absolute Gasteiger partial charge is 0.316 e. The molecule has 0 bridgehead atoms. The molecular formula is C13H12N2O. The van der Waals surface area contributed by atoms with Crippen LogP contribution in [0.25, 0.3) is 10.9 Å². The number of rotatable bonds is 1. The molecule has 3 heteroatoms.